The van der Waals surface area contributed by atoms with Gasteiger partial charge in [-0.25, -0.2) is 4.72 Å². The zero-order chi connectivity index (χ0) is 7.49. The van der Waals surface area contributed by atoms with Gasteiger partial charge in [-0.1, -0.05) is 6.92 Å². The molecule has 0 rings (SSSR count). The van der Waals surface area contributed by atoms with E-state index in [2.05, 4.69) is 4.72 Å². The highest BCUT2D eigenvalue weighted by Gasteiger charge is 2.12. The monoisotopic (exact) mass is 150 g/mol. The Kier molecular flexibility index (Phi) is 3.32. The SMILES string of the molecule is CCC(C)(C)NS(=O)[O-]. The molecule has 0 saturated carbocycles. The summed E-state index contributed by atoms with van der Waals surface area (Å²) in [4.78, 5) is 0. The van der Waals surface area contributed by atoms with Gasteiger partial charge in [-0.15, -0.1) is 0 Å². The lowest BCUT2D eigenvalue weighted by Gasteiger charge is -2.25. The van der Waals surface area contributed by atoms with Gasteiger partial charge < -0.3 is 4.55 Å². The van der Waals surface area contributed by atoms with Crippen LogP contribution in [0.1, 0.15) is 27.2 Å². The van der Waals surface area contributed by atoms with Gasteiger partial charge in [-0.2, -0.15) is 0 Å². The summed E-state index contributed by atoms with van der Waals surface area (Å²) in [5, 5.41) is 0. The third-order valence-corrected chi connectivity index (χ3v) is 1.96. The lowest BCUT2D eigenvalue weighted by molar-refractivity contribution is 0.424. The van der Waals surface area contributed by atoms with Crippen LogP contribution < -0.4 is 4.72 Å². The molecule has 0 saturated heterocycles. The van der Waals surface area contributed by atoms with Gasteiger partial charge in [0.25, 0.3) is 0 Å². The molecule has 9 heavy (non-hydrogen) atoms. The molecule has 0 aromatic carbocycles. The van der Waals surface area contributed by atoms with E-state index >= 15 is 0 Å². The molecule has 0 bridgehead atoms. The van der Waals surface area contributed by atoms with Crippen molar-refractivity contribution in [2.24, 2.45) is 0 Å². The number of hydrogen-bond acceptors (Lipinski definition) is 2. The standard InChI is InChI=1S/C5H13NO2S/c1-4-5(2,3)6-9(7)8/h6H,4H2,1-3H3,(H,7,8)/p-1. The minimum Gasteiger partial charge on any atom is -0.760 e. The predicted octanol–water partition coefficient (Wildman–Crippen LogP) is 0.559. The zero-order valence-electron chi connectivity index (χ0n) is 5.93. The van der Waals surface area contributed by atoms with E-state index in [9.17, 15) is 8.76 Å². The van der Waals surface area contributed by atoms with Gasteiger partial charge in [-0.3, -0.25) is 4.21 Å². The molecule has 0 amide bonds. The number of hydrogen-bond donors (Lipinski definition) is 1. The molecule has 0 aromatic heterocycles. The van der Waals surface area contributed by atoms with Crippen LogP contribution in [0.2, 0.25) is 0 Å². The van der Waals surface area contributed by atoms with Crippen molar-refractivity contribution in [3.05, 3.63) is 0 Å². The third-order valence-electron chi connectivity index (χ3n) is 1.24. The van der Waals surface area contributed by atoms with E-state index in [1.54, 1.807) is 0 Å². The fourth-order valence-corrected chi connectivity index (χ4v) is 0.893. The van der Waals surface area contributed by atoms with E-state index in [4.69, 9.17) is 0 Å². The Balaban J connectivity index is 3.71. The second-order valence-corrected chi connectivity index (χ2v) is 3.25. The van der Waals surface area contributed by atoms with Crippen LogP contribution in [0.3, 0.4) is 0 Å². The Labute approximate surface area is 58.3 Å². The topological polar surface area (TPSA) is 52.2 Å². The molecule has 0 spiro atoms. The normalized spacial score (nSPS) is 15.6. The molecule has 1 atom stereocenters. The molecule has 0 aliphatic rings. The summed E-state index contributed by atoms with van der Waals surface area (Å²) in [5.74, 6) is 0. The van der Waals surface area contributed by atoms with Crippen molar-refractivity contribution < 1.29 is 8.76 Å². The van der Waals surface area contributed by atoms with E-state index in [-0.39, 0.29) is 5.54 Å². The molecule has 0 aliphatic carbocycles. The summed E-state index contributed by atoms with van der Waals surface area (Å²) in [6.07, 6.45) is 0.793. The van der Waals surface area contributed by atoms with Crippen LogP contribution in [0, 0.1) is 0 Å². The molecule has 0 aromatic rings. The molecule has 56 valence electrons. The first kappa shape index (κ1) is 9.07. The van der Waals surface area contributed by atoms with Crippen LogP contribution in [0.4, 0.5) is 0 Å². The molecular weight excluding hydrogens is 138 g/mol. The summed E-state index contributed by atoms with van der Waals surface area (Å²) < 4.78 is 22.5. The smallest absolute Gasteiger partial charge is 0.0236 e. The van der Waals surface area contributed by atoms with Gasteiger partial charge in [0.05, 0.1) is 0 Å². The molecule has 0 aliphatic heterocycles. The molecule has 1 unspecified atom stereocenters. The summed E-state index contributed by atoms with van der Waals surface area (Å²) in [6.45, 7) is 5.60. The van der Waals surface area contributed by atoms with Crippen LogP contribution in [0.15, 0.2) is 0 Å². The zero-order valence-corrected chi connectivity index (χ0v) is 6.75. The van der Waals surface area contributed by atoms with Crippen LogP contribution in [-0.2, 0) is 11.3 Å². The molecule has 0 fully saturated rings. The molecule has 3 nitrogen and oxygen atoms in total. The molecule has 0 radical (unpaired) electrons. The highest BCUT2D eigenvalue weighted by Crippen LogP contribution is 2.06. The van der Waals surface area contributed by atoms with E-state index in [1.807, 2.05) is 20.8 Å². The van der Waals surface area contributed by atoms with E-state index in [1.165, 1.54) is 0 Å². The van der Waals surface area contributed by atoms with Gasteiger partial charge in [0, 0.05) is 16.8 Å². The average Bonchev–Trinajstić information content (AvgIpc) is 1.63. The summed E-state index contributed by atoms with van der Waals surface area (Å²) in [6, 6.07) is 0. The Morgan fingerprint density at radius 3 is 2.22 bits per heavy atom. The van der Waals surface area contributed by atoms with Crippen LogP contribution in [0.5, 0.6) is 0 Å². The minimum absolute atomic E-state index is 0.299. The molecule has 0 heterocycles. The van der Waals surface area contributed by atoms with Gasteiger partial charge >= 0.3 is 0 Å². The van der Waals surface area contributed by atoms with Gasteiger partial charge in [0.15, 0.2) is 0 Å². The third kappa shape index (κ3) is 4.57. The van der Waals surface area contributed by atoms with Crippen molar-refractivity contribution in [2.75, 3.05) is 0 Å². The fourth-order valence-electron chi connectivity index (χ4n) is 0.298. The summed E-state index contributed by atoms with van der Waals surface area (Å²) in [7, 11) is 0. The first-order valence-electron chi connectivity index (χ1n) is 2.85. The fraction of sp³-hybridized carbons (Fsp3) is 1.00. The van der Waals surface area contributed by atoms with Gasteiger partial charge in [0.1, 0.15) is 0 Å². The Morgan fingerprint density at radius 1 is 1.67 bits per heavy atom. The van der Waals surface area contributed by atoms with Crippen molar-refractivity contribution in [2.45, 2.75) is 32.7 Å². The van der Waals surface area contributed by atoms with Crippen LogP contribution in [-0.4, -0.2) is 14.3 Å². The first-order valence-corrected chi connectivity index (χ1v) is 3.92. The largest absolute Gasteiger partial charge is 0.760 e. The van der Waals surface area contributed by atoms with Crippen molar-refractivity contribution >= 4 is 11.3 Å². The van der Waals surface area contributed by atoms with Gasteiger partial charge in [0.2, 0.25) is 0 Å². The van der Waals surface area contributed by atoms with Crippen LogP contribution >= 0.6 is 0 Å². The number of nitrogens with one attached hydrogen (secondary N) is 1. The highest BCUT2D eigenvalue weighted by molar-refractivity contribution is 7.77. The van der Waals surface area contributed by atoms with E-state index in [0.717, 1.165) is 6.42 Å². The van der Waals surface area contributed by atoms with Crippen molar-refractivity contribution in [3.8, 4) is 0 Å². The Bertz CT molecular complexity index is 114. The Hall–Kier alpha value is 0.0700. The quantitative estimate of drug-likeness (QED) is 0.597. The first-order chi connectivity index (χ1) is 3.98. The van der Waals surface area contributed by atoms with E-state index < -0.39 is 11.3 Å². The maximum Gasteiger partial charge on any atom is 0.0236 e. The van der Waals surface area contributed by atoms with Crippen molar-refractivity contribution in [3.63, 3.8) is 0 Å². The minimum atomic E-state index is -2.13. The lowest BCUT2D eigenvalue weighted by atomic mass is 10.0. The maximum atomic E-state index is 10.1. The average molecular weight is 150 g/mol. The Morgan fingerprint density at radius 2 is 2.11 bits per heavy atom. The second-order valence-electron chi connectivity index (χ2n) is 2.57. The van der Waals surface area contributed by atoms with Crippen LogP contribution in [0.25, 0.3) is 0 Å². The van der Waals surface area contributed by atoms with Crippen molar-refractivity contribution in [1.29, 1.82) is 0 Å². The molecule has 1 N–H and O–H groups in total. The molecule has 4 heteroatoms. The van der Waals surface area contributed by atoms with E-state index in [0.29, 0.717) is 0 Å². The highest BCUT2D eigenvalue weighted by atomic mass is 32.2. The second kappa shape index (κ2) is 3.29. The van der Waals surface area contributed by atoms with Crippen molar-refractivity contribution in [1.82, 2.24) is 4.72 Å². The summed E-state index contributed by atoms with van der Waals surface area (Å²) in [5.41, 5.74) is -0.299. The maximum absolute atomic E-state index is 10.1. The van der Waals surface area contributed by atoms with Gasteiger partial charge in [-0.05, 0) is 20.3 Å². The summed E-state index contributed by atoms with van der Waals surface area (Å²) >= 11 is -2.13. The molecular formula is C5H12NO2S-. The number of rotatable bonds is 3. The lowest BCUT2D eigenvalue weighted by Crippen LogP contribution is -2.39. The predicted molar refractivity (Wildman–Crippen MR) is 36.4 cm³/mol.